The number of hydrogen-bond acceptors (Lipinski definition) is 6. The van der Waals surface area contributed by atoms with Gasteiger partial charge in [-0.2, -0.15) is 0 Å². The van der Waals surface area contributed by atoms with Gasteiger partial charge in [0.05, 0.1) is 12.8 Å². The van der Waals surface area contributed by atoms with E-state index in [0.717, 1.165) is 42.2 Å². The first-order chi connectivity index (χ1) is 18.5. The molecule has 8 nitrogen and oxygen atoms in total. The highest BCUT2D eigenvalue weighted by atomic mass is 16.5. The van der Waals surface area contributed by atoms with Gasteiger partial charge in [-0.3, -0.25) is 9.59 Å². The molecule has 1 fully saturated rings. The molecule has 1 aliphatic rings. The molecule has 0 spiro atoms. The summed E-state index contributed by atoms with van der Waals surface area (Å²) in [4.78, 5) is 32.3. The van der Waals surface area contributed by atoms with E-state index >= 15 is 0 Å². The van der Waals surface area contributed by atoms with Crippen LogP contribution in [-0.2, 0) is 4.79 Å². The molecule has 1 aromatic heterocycles. The van der Waals surface area contributed by atoms with Gasteiger partial charge in [-0.15, -0.1) is 10.2 Å². The Labute approximate surface area is 225 Å². The molecule has 1 atom stereocenters. The monoisotopic (exact) mass is 515 g/mol. The maximum absolute atomic E-state index is 13.3. The number of aromatic nitrogens is 2. The van der Waals surface area contributed by atoms with E-state index < -0.39 is 0 Å². The van der Waals surface area contributed by atoms with E-state index in [1.54, 1.807) is 24.1 Å². The first-order valence-corrected chi connectivity index (χ1v) is 13.3. The van der Waals surface area contributed by atoms with E-state index in [-0.39, 0.29) is 18.4 Å². The highest BCUT2D eigenvalue weighted by molar-refractivity contribution is 5.96. The highest BCUT2D eigenvalue weighted by Crippen LogP contribution is 2.23. The fourth-order valence-electron chi connectivity index (χ4n) is 4.58. The number of ether oxygens (including phenoxy) is 1. The lowest BCUT2D eigenvalue weighted by atomic mass is 10.1. The number of carbonyl (C=O) groups excluding carboxylic acids is 2. The molecule has 0 aliphatic carbocycles. The largest absolute Gasteiger partial charge is 0.497 e. The minimum Gasteiger partial charge on any atom is -0.497 e. The number of amides is 2. The highest BCUT2D eigenvalue weighted by Gasteiger charge is 2.25. The van der Waals surface area contributed by atoms with Crippen LogP contribution in [0.3, 0.4) is 0 Å². The minimum absolute atomic E-state index is 0.0149. The van der Waals surface area contributed by atoms with Crippen molar-refractivity contribution >= 4 is 17.6 Å². The van der Waals surface area contributed by atoms with Crippen LogP contribution in [0, 0.1) is 5.92 Å². The summed E-state index contributed by atoms with van der Waals surface area (Å²) < 4.78 is 5.31. The molecular formula is C30H37N5O3. The number of hydrogen-bond donors (Lipinski definition) is 0. The first kappa shape index (κ1) is 27.1. The van der Waals surface area contributed by atoms with Gasteiger partial charge in [0.25, 0.3) is 5.91 Å². The van der Waals surface area contributed by atoms with Crippen molar-refractivity contribution in [2.75, 3.05) is 51.3 Å². The summed E-state index contributed by atoms with van der Waals surface area (Å²) in [6.07, 6.45) is 1.77. The molecule has 2 aromatic carbocycles. The molecule has 0 saturated carbocycles. The Morgan fingerprint density at radius 1 is 0.974 bits per heavy atom. The van der Waals surface area contributed by atoms with Gasteiger partial charge >= 0.3 is 0 Å². The van der Waals surface area contributed by atoms with E-state index in [4.69, 9.17) is 4.74 Å². The molecule has 1 unspecified atom stereocenters. The molecule has 8 heteroatoms. The number of carbonyl (C=O) groups is 2. The molecule has 0 N–H and O–H groups in total. The second-order valence-corrected chi connectivity index (χ2v) is 9.80. The van der Waals surface area contributed by atoms with Crippen LogP contribution in [0.1, 0.15) is 37.0 Å². The van der Waals surface area contributed by atoms with Crippen molar-refractivity contribution < 1.29 is 14.3 Å². The molecule has 0 bridgehead atoms. The zero-order valence-corrected chi connectivity index (χ0v) is 22.5. The van der Waals surface area contributed by atoms with E-state index in [9.17, 15) is 9.59 Å². The van der Waals surface area contributed by atoms with Gasteiger partial charge in [-0.05, 0) is 48.7 Å². The summed E-state index contributed by atoms with van der Waals surface area (Å²) in [7, 11) is 1.64. The Morgan fingerprint density at radius 3 is 2.50 bits per heavy atom. The molecule has 2 amide bonds. The molecular weight excluding hydrogens is 478 g/mol. The number of anilines is 1. The lowest BCUT2D eigenvalue weighted by Gasteiger charge is -2.29. The van der Waals surface area contributed by atoms with Crippen LogP contribution >= 0.6 is 0 Å². The average molecular weight is 516 g/mol. The zero-order chi connectivity index (χ0) is 26.9. The average Bonchev–Trinajstić information content (AvgIpc) is 3.23. The topological polar surface area (TPSA) is 78.9 Å². The van der Waals surface area contributed by atoms with Gasteiger partial charge in [0.2, 0.25) is 5.91 Å². The van der Waals surface area contributed by atoms with Crippen molar-refractivity contribution in [1.29, 1.82) is 0 Å². The summed E-state index contributed by atoms with van der Waals surface area (Å²) in [6.45, 7) is 7.55. The third kappa shape index (κ3) is 6.88. The van der Waals surface area contributed by atoms with Gasteiger partial charge in [0.15, 0.2) is 5.82 Å². The Bertz CT molecular complexity index is 1200. The van der Waals surface area contributed by atoms with Crippen LogP contribution in [0.15, 0.2) is 66.7 Å². The van der Waals surface area contributed by atoms with Crippen molar-refractivity contribution in [2.24, 2.45) is 5.92 Å². The second-order valence-electron chi connectivity index (χ2n) is 9.80. The number of nitrogens with zero attached hydrogens (tertiary/aromatic N) is 5. The summed E-state index contributed by atoms with van der Waals surface area (Å²) >= 11 is 0. The second kappa shape index (κ2) is 13.0. The maximum Gasteiger partial charge on any atom is 0.254 e. The SMILES string of the molecule is CCC(C)CN(CC(=O)N1CCCN(c2ccc(-c3cccc(OC)c3)nn2)CC1)C(=O)c1ccccc1. The van der Waals surface area contributed by atoms with Crippen LogP contribution in [0.2, 0.25) is 0 Å². The van der Waals surface area contributed by atoms with Gasteiger partial charge < -0.3 is 19.4 Å². The normalized spacial score (nSPS) is 14.5. The van der Waals surface area contributed by atoms with E-state index in [2.05, 4.69) is 28.9 Å². The van der Waals surface area contributed by atoms with Crippen LogP contribution in [0.4, 0.5) is 5.82 Å². The number of methoxy groups -OCH3 is 1. The summed E-state index contributed by atoms with van der Waals surface area (Å²) in [5.41, 5.74) is 2.34. The Morgan fingerprint density at radius 2 is 1.79 bits per heavy atom. The van der Waals surface area contributed by atoms with Gasteiger partial charge in [0, 0.05) is 43.9 Å². The maximum atomic E-state index is 13.3. The standard InChI is InChI=1S/C30H37N5O3/c1-4-23(2)21-35(30(37)24-10-6-5-7-11-24)22-29(36)34-17-9-16-33(18-19-34)28-15-14-27(31-32-28)25-12-8-13-26(20-25)38-3/h5-8,10-15,20,23H,4,9,16-19,21-22H2,1-3H3. The van der Waals surface area contributed by atoms with Crippen molar-refractivity contribution in [1.82, 2.24) is 20.0 Å². The third-order valence-electron chi connectivity index (χ3n) is 7.05. The summed E-state index contributed by atoms with van der Waals surface area (Å²) in [5, 5.41) is 8.91. The molecule has 1 aliphatic heterocycles. The lowest BCUT2D eigenvalue weighted by molar-refractivity contribution is -0.131. The van der Waals surface area contributed by atoms with Crippen LogP contribution in [-0.4, -0.2) is 78.2 Å². The Hall–Kier alpha value is -3.94. The molecule has 2 heterocycles. The van der Waals surface area contributed by atoms with Crippen LogP contribution in [0.25, 0.3) is 11.3 Å². The fourth-order valence-corrected chi connectivity index (χ4v) is 4.58. The molecule has 0 radical (unpaired) electrons. The van der Waals surface area contributed by atoms with Crippen molar-refractivity contribution in [3.8, 4) is 17.0 Å². The quantitative estimate of drug-likeness (QED) is 0.421. The molecule has 200 valence electrons. The Kier molecular flexibility index (Phi) is 9.30. The van der Waals surface area contributed by atoms with Crippen LogP contribution < -0.4 is 9.64 Å². The van der Waals surface area contributed by atoms with Gasteiger partial charge in [0.1, 0.15) is 12.3 Å². The summed E-state index contributed by atoms with van der Waals surface area (Å²) in [5.74, 6) is 1.78. The zero-order valence-electron chi connectivity index (χ0n) is 22.5. The van der Waals surface area contributed by atoms with Crippen LogP contribution in [0.5, 0.6) is 5.75 Å². The van der Waals surface area contributed by atoms with Crippen molar-refractivity contribution in [3.63, 3.8) is 0 Å². The van der Waals surface area contributed by atoms with Crippen molar-refractivity contribution in [2.45, 2.75) is 26.7 Å². The molecule has 38 heavy (non-hydrogen) atoms. The third-order valence-corrected chi connectivity index (χ3v) is 7.05. The first-order valence-electron chi connectivity index (χ1n) is 13.3. The van der Waals surface area contributed by atoms with Gasteiger partial charge in [-0.1, -0.05) is 50.6 Å². The van der Waals surface area contributed by atoms with Gasteiger partial charge in [-0.25, -0.2) is 0 Å². The number of benzene rings is 2. The smallest absolute Gasteiger partial charge is 0.254 e. The summed E-state index contributed by atoms with van der Waals surface area (Å²) in [6, 6.07) is 20.9. The van der Waals surface area contributed by atoms with Crippen molar-refractivity contribution in [3.05, 3.63) is 72.3 Å². The minimum atomic E-state index is -0.0953. The lowest BCUT2D eigenvalue weighted by Crippen LogP contribution is -2.45. The molecule has 4 rings (SSSR count). The predicted octanol–water partition coefficient (Wildman–Crippen LogP) is 4.38. The fraction of sp³-hybridized carbons (Fsp3) is 0.400. The predicted molar refractivity (Wildman–Crippen MR) is 149 cm³/mol. The van der Waals surface area contributed by atoms with E-state index in [0.29, 0.717) is 37.7 Å². The molecule has 3 aromatic rings. The van der Waals surface area contributed by atoms with E-state index in [1.165, 1.54) is 0 Å². The van der Waals surface area contributed by atoms with E-state index in [1.807, 2.05) is 59.5 Å². The molecule has 1 saturated heterocycles. The Balaban J connectivity index is 1.39. The number of rotatable bonds is 9.